The number of hydrogen-bond acceptors (Lipinski definition) is 4. The summed E-state index contributed by atoms with van der Waals surface area (Å²) in [5, 5.41) is 20.4. The molecular formula is C22H15F2NO5. The molecule has 3 aromatic carbocycles. The predicted molar refractivity (Wildman–Crippen MR) is 104 cm³/mol. The molecule has 0 atom stereocenters. The first-order valence-electron chi connectivity index (χ1n) is 8.94. The average molecular weight is 411 g/mol. The molecular weight excluding hydrogens is 396 g/mol. The number of carbonyl (C=O) groups excluding carboxylic acids is 1. The van der Waals surface area contributed by atoms with Crippen molar-refractivity contribution in [3.05, 3.63) is 82.9 Å². The molecule has 8 heteroatoms. The van der Waals surface area contributed by atoms with E-state index in [1.54, 1.807) is 0 Å². The molecule has 3 aromatic rings. The first-order valence-corrected chi connectivity index (χ1v) is 8.94. The van der Waals surface area contributed by atoms with Crippen LogP contribution in [0.5, 0.6) is 5.75 Å². The molecule has 1 aliphatic rings. The van der Waals surface area contributed by atoms with Gasteiger partial charge < -0.3 is 14.9 Å². The summed E-state index contributed by atoms with van der Waals surface area (Å²) in [6, 6.07) is 16.0. The molecule has 0 saturated carbocycles. The van der Waals surface area contributed by atoms with E-state index in [0.717, 1.165) is 22.3 Å². The molecule has 0 spiro atoms. The van der Waals surface area contributed by atoms with Gasteiger partial charge in [-0.15, -0.1) is 0 Å². The zero-order chi connectivity index (χ0) is 21.4. The van der Waals surface area contributed by atoms with Crippen molar-refractivity contribution in [3.8, 4) is 16.9 Å². The van der Waals surface area contributed by atoms with E-state index in [4.69, 9.17) is 9.84 Å². The third-order valence-corrected chi connectivity index (χ3v) is 4.99. The van der Waals surface area contributed by atoms with Crippen LogP contribution in [0.1, 0.15) is 27.4 Å². The molecule has 0 fully saturated rings. The summed E-state index contributed by atoms with van der Waals surface area (Å²) in [5.74, 6) is -6.57. The van der Waals surface area contributed by atoms with Gasteiger partial charge in [-0.1, -0.05) is 48.5 Å². The number of fused-ring (bicyclic) bond motifs is 3. The molecule has 152 valence electrons. The van der Waals surface area contributed by atoms with Gasteiger partial charge in [0.2, 0.25) is 0 Å². The van der Waals surface area contributed by atoms with E-state index in [2.05, 4.69) is 0 Å². The van der Waals surface area contributed by atoms with Crippen LogP contribution in [-0.4, -0.2) is 28.9 Å². The van der Waals surface area contributed by atoms with E-state index in [1.165, 1.54) is 0 Å². The zero-order valence-corrected chi connectivity index (χ0v) is 15.4. The third kappa shape index (κ3) is 3.22. The first-order chi connectivity index (χ1) is 14.4. The second-order valence-electron chi connectivity index (χ2n) is 6.70. The molecule has 4 rings (SSSR count). The molecule has 30 heavy (non-hydrogen) atoms. The Hall–Kier alpha value is -3.94. The second-order valence-corrected chi connectivity index (χ2v) is 6.70. The monoisotopic (exact) mass is 411 g/mol. The first kappa shape index (κ1) is 19.4. The number of carbonyl (C=O) groups is 2. The number of hydrogen-bond donors (Lipinski definition) is 3. The number of phenolic OH excluding ortho intramolecular Hbond substituents is 1. The van der Waals surface area contributed by atoms with E-state index in [1.807, 2.05) is 53.8 Å². The summed E-state index contributed by atoms with van der Waals surface area (Å²) < 4.78 is 32.9. The lowest BCUT2D eigenvalue weighted by Gasteiger charge is -2.15. The lowest BCUT2D eigenvalue weighted by Crippen LogP contribution is -2.19. The molecule has 1 amide bonds. The maximum Gasteiger partial charge on any atom is 0.411 e. The zero-order valence-electron chi connectivity index (χ0n) is 15.4. The number of benzene rings is 3. The van der Waals surface area contributed by atoms with Crippen LogP contribution < -0.4 is 5.32 Å². The van der Waals surface area contributed by atoms with Crippen molar-refractivity contribution in [1.82, 2.24) is 0 Å². The largest absolute Gasteiger partial charge is 0.503 e. The van der Waals surface area contributed by atoms with Gasteiger partial charge in [0.05, 0.1) is 5.69 Å². The standard InChI is InChI=1S/C22H15F2NO5/c23-18-15(21(27)28)9-17(19(24)20(18)26)25-22(29)30-10-16-13-7-3-1-5-11(13)12-6-2-4-8-14(12)16/h1-9,16,26H,10H2,(H,25,29)(H,27,28). The molecule has 0 radical (unpaired) electrons. The summed E-state index contributed by atoms with van der Waals surface area (Å²) >= 11 is 0. The molecule has 6 nitrogen and oxygen atoms in total. The summed E-state index contributed by atoms with van der Waals surface area (Å²) in [4.78, 5) is 23.2. The van der Waals surface area contributed by atoms with Crippen LogP contribution >= 0.6 is 0 Å². The van der Waals surface area contributed by atoms with Crippen LogP contribution in [0.4, 0.5) is 19.3 Å². The summed E-state index contributed by atoms with van der Waals surface area (Å²) in [5.41, 5.74) is 2.33. The Bertz CT molecular complexity index is 1130. The van der Waals surface area contributed by atoms with Gasteiger partial charge in [-0.2, -0.15) is 0 Å². The van der Waals surface area contributed by atoms with Gasteiger partial charge in [0.1, 0.15) is 12.2 Å². The Morgan fingerprint density at radius 2 is 1.53 bits per heavy atom. The van der Waals surface area contributed by atoms with Gasteiger partial charge in [-0.05, 0) is 28.3 Å². The second kappa shape index (κ2) is 7.47. The van der Waals surface area contributed by atoms with E-state index in [0.29, 0.717) is 6.07 Å². The minimum Gasteiger partial charge on any atom is -0.503 e. The summed E-state index contributed by atoms with van der Waals surface area (Å²) in [6.45, 7) is -0.0551. The number of ether oxygens (including phenoxy) is 1. The highest BCUT2D eigenvalue weighted by Gasteiger charge is 2.29. The van der Waals surface area contributed by atoms with Crippen LogP contribution in [0, 0.1) is 11.6 Å². The molecule has 0 aromatic heterocycles. The van der Waals surface area contributed by atoms with Gasteiger partial charge in [0, 0.05) is 5.92 Å². The SMILES string of the molecule is O=C(Nc1cc(C(=O)O)c(F)c(O)c1F)OCC1c2ccccc2-c2ccccc21. The Balaban J connectivity index is 1.54. The molecule has 0 bridgehead atoms. The van der Waals surface area contributed by atoms with Crippen LogP contribution in [0.3, 0.4) is 0 Å². The molecule has 0 aliphatic heterocycles. The topological polar surface area (TPSA) is 95.9 Å². The van der Waals surface area contributed by atoms with Crippen molar-refractivity contribution in [2.24, 2.45) is 0 Å². The van der Waals surface area contributed by atoms with Crippen molar-refractivity contribution in [2.45, 2.75) is 5.92 Å². The number of halogens is 2. The Labute approximate surface area is 169 Å². The van der Waals surface area contributed by atoms with E-state index in [-0.39, 0.29) is 12.5 Å². The number of carboxylic acid groups (broad SMARTS) is 1. The van der Waals surface area contributed by atoms with E-state index >= 15 is 0 Å². The number of aromatic carboxylic acids is 1. The number of rotatable bonds is 4. The molecule has 3 N–H and O–H groups in total. The molecule has 0 unspecified atom stereocenters. The van der Waals surface area contributed by atoms with Crippen molar-refractivity contribution < 1.29 is 33.3 Å². The molecule has 0 saturated heterocycles. The molecule has 1 aliphatic carbocycles. The maximum atomic E-state index is 14.0. The fraction of sp³-hybridized carbons (Fsp3) is 0.0909. The minimum absolute atomic E-state index is 0.0551. The van der Waals surface area contributed by atoms with Crippen molar-refractivity contribution >= 4 is 17.7 Å². The van der Waals surface area contributed by atoms with Crippen molar-refractivity contribution in [1.29, 1.82) is 0 Å². The highest BCUT2D eigenvalue weighted by Crippen LogP contribution is 2.44. The quantitative estimate of drug-likeness (QED) is 0.577. The highest BCUT2D eigenvalue weighted by atomic mass is 19.1. The van der Waals surface area contributed by atoms with Gasteiger partial charge >= 0.3 is 12.1 Å². The van der Waals surface area contributed by atoms with Crippen molar-refractivity contribution in [2.75, 3.05) is 11.9 Å². The van der Waals surface area contributed by atoms with Crippen LogP contribution in [0.2, 0.25) is 0 Å². The average Bonchev–Trinajstić information content (AvgIpc) is 3.06. The van der Waals surface area contributed by atoms with Gasteiger partial charge in [0.15, 0.2) is 17.4 Å². The van der Waals surface area contributed by atoms with E-state index in [9.17, 15) is 23.5 Å². The smallest absolute Gasteiger partial charge is 0.411 e. The minimum atomic E-state index is -1.72. The third-order valence-electron chi connectivity index (χ3n) is 4.99. The van der Waals surface area contributed by atoms with Gasteiger partial charge in [-0.3, -0.25) is 5.32 Å². The summed E-state index contributed by atoms with van der Waals surface area (Å²) in [6.07, 6.45) is -1.07. The Kier molecular flexibility index (Phi) is 4.83. The number of phenols is 1. The fourth-order valence-corrected chi connectivity index (χ4v) is 3.61. The fourth-order valence-electron chi connectivity index (χ4n) is 3.61. The number of aromatic hydroxyl groups is 1. The predicted octanol–water partition coefficient (Wildman–Crippen LogP) is 4.73. The normalized spacial score (nSPS) is 12.2. The lowest BCUT2D eigenvalue weighted by molar-refractivity contribution is 0.0690. The number of anilines is 1. The van der Waals surface area contributed by atoms with Gasteiger partial charge in [0.25, 0.3) is 0 Å². The van der Waals surface area contributed by atoms with Crippen LogP contribution in [0.25, 0.3) is 11.1 Å². The van der Waals surface area contributed by atoms with E-state index < -0.39 is 40.7 Å². The number of nitrogens with one attached hydrogen (secondary N) is 1. The number of carboxylic acids is 1. The van der Waals surface area contributed by atoms with Crippen LogP contribution in [-0.2, 0) is 4.74 Å². The summed E-state index contributed by atoms with van der Waals surface area (Å²) in [7, 11) is 0. The van der Waals surface area contributed by atoms with Crippen molar-refractivity contribution in [3.63, 3.8) is 0 Å². The highest BCUT2D eigenvalue weighted by molar-refractivity contribution is 5.92. The number of amides is 1. The Morgan fingerprint density at radius 3 is 2.10 bits per heavy atom. The van der Waals surface area contributed by atoms with Crippen LogP contribution in [0.15, 0.2) is 54.6 Å². The Morgan fingerprint density at radius 1 is 0.967 bits per heavy atom. The molecule has 0 heterocycles. The maximum absolute atomic E-state index is 14.0. The lowest BCUT2D eigenvalue weighted by atomic mass is 9.98. The van der Waals surface area contributed by atoms with Gasteiger partial charge in [-0.25, -0.2) is 18.4 Å².